The van der Waals surface area contributed by atoms with E-state index >= 15 is 0 Å². The van der Waals surface area contributed by atoms with Gasteiger partial charge in [0.05, 0.1) is 12.6 Å². The molecular weight excluding hydrogens is 344 g/mol. The highest BCUT2D eigenvalue weighted by atomic mass is 16.2. The molecule has 27 heavy (non-hydrogen) atoms. The molecule has 150 valence electrons. The number of aryl methyl sites for hydroxylation is 1. The second kappa shape index (κ2) is 8.73. The standard InChI is InChI=1S/C19H32N6O2/c1-15(2)17(18-20-6-9-22(18)3)21-19(27)25-12-10-23(11-13-25)14-16(26)24-7-4-5-8-24/h6,9,15,17H,4-5,7-8,10-14H2,1-3H3,(H,21,27)/t17-/m1/s1. The van der Waals surface area contributed by atoms with E-state index in [1.807, 2.05) is 27.6 Å². The fraction of sp³-hybridized carbons (Fsp3) is 0.737. The van der Waals surface area contributed by atoms with E-state index in [0.29, 0.717) is 19.6 Å². The molecule has 3 heterocycles. The van der Waals surface area contributed by atoms with Crippen LogP contribution in [-0.4, -0.2) is 82.0 Å². The van der Waals surface area contributed by atoms with Gasteiger partial charge in [-0.25, -0.2) is 9.78 Å². The highest BCUT2D eigenvalue weighted by Crippen LogP contribution is 2.20. The largest absolute Gasteiger partial charge is 0.342 e. The lowest BCUT2D eigenvalue weighted by molar-refractivity contribution is -0.131. The summed E-state index contributed by atoms with van der Waals surface area (Å²) in [6.07, 6.45) is 5.89. The van der Waals surface area contributed by atoms with E-state index in [1.165, 1.54) is 0 Å². The number of likely N-dealkylation sites (tertiary alicyclic amines) is 1. The summed E-state index contributed by atoms with van der Waals surface area (Å²) >= 11 is 0. The Kier molecular flexibility index (Phi) is 6.36. The molecule has 1 atom stereocenters. The van der Waals surface area contributed by atoms with Crippen LogP contribution in [0.5, 0.6) is 0 Å². The Morgan fingerprint density at radius 2 is 1.74 bits per heavy atom. The van der Waals surface area contributed by atoms with Crippen LogP contribution in [0.3, 0.4) is 0 Å². The van der Waals surface area contributed by atoms with Gasteiger partial charge in [0.1, 0.15) is 5.82 Å². The van der Waals surface area contributed by atoms with Crippen LogP contribution in [0.25, 0.3) is 0 Å². The minimum absolute atomic E-state index is 0.0535. The molecular formula is C19H32N6O2. The van der Waals surface area contributed by atoms with Crippen LogP contribution in [0.1, 0.15) is 38.6 Å². The van der Waals surface area contributed by atoms with Crippen LogP contribution >= 0.6 is 0 Å². The first-order valence-electron chi connectivity index (χ1n) is 9.98. The van der Waals surface area contributed by atoms with Gasteiger partial charge in [0, 0.05) is 58.7 Å². The van der Waals surface area contributed by atoms with Crippen molar-refractivity contribution in [2.24, 2.45) is 13.0 Å². The van der Waals surface area contributed by atoms with Gasteiger partial charge in [0.15, 0.2) is 0 Å². The summed E-state index contributed by atoms with van der Waals surface area (Å²) in [5, 5.41) is 3.14. The number of imidazole rings is 1. The lowest BCUT2D eigenvalue weighted by Gasteiger charge is -2.36. The highest BCUT2D eigenvalue weighted by molar-refractivity contribution is 5.78. The van der Waals surface area contributed by atoms with E-state index in [-0.39, 0.29) is 23.9 Å². The zero-order chi connectivity index (χ0) is 19.4. The Morgan fingerprint density at radius 1 is 1.07 bits per heavy atom. The van der Waals surface area contributed by atoms with Gasteiger partial charge in [-0.2, -0.15) is 0 Å². The molecule has 0 spiro atoms. The van der Waals surface area contributed by atoms with Crippen LogP contribution in [0, 0.1) is 5.92 Å². The number of aromatic nitrogens is 2. The molecule has 0 bridgehead atoms. The van der Waals surface area contributed by atoms with Crippen molar-refractivity contribution >= 4 is 11.9 Å². The van der Waals surface area contributed by atoms with Crippen molar-refractivity contribution in [3.8, 4) is 0 Å². The van der Waals surface area contributed by atoms with Crippen LogP contribution in [0.15, 0.2) is 12.4 Å². The number of nitrogens with one attached hydrogen (secondary N) is 1. The number of carbonyl (C=O) groups excluding carboxylic acids is 2. The van der Waals surface area contributed by atoms with Crippen LogP contribution < -0.4 is 5.32 Å². The number of hydrogen-bond acceptors (Lipinski definition) is 4. The Labute approximate surface area is 161 Å². The summed E-state index contributed by atoms with van der Waals surface area (Å²) < 4.78 is 1.95. The van der Waals surface area contributed by atoms with Crippen molar-refractivity contribution in [3.05, 3.63) is 18.2 Å². The molecule has 0 aliphatic carbocycles. The maximum atomic E-state index is 12.7. The maximum Gasteiger partial charge on any atom is 0.318 e. The molecule has 1 aromatic heterocycles. The van der Waals surface area contributed by atoms with E-state index < -0.39 is 0 Å². The molecule has 3 rings (SSSR count). The van der Waals surface area contributed by atoms with Crippen LogP contribution in [0.4, 0.5) is 4.79 Å². The van der Waals surface area contributed by atoms with Crippen molar-refractivity contribution in [3.63, 3.8) is 0 Å². The predicted octanol–water partition coefficient (Wildman–Crippen LogP) is 1.07. The van der Waals surface area contributed by atoms with E-state index in [4.69, 9.17) is 0 Å². The van der Waals surface area contributed by atoms with E-state index in [9.17, 15) is 9.59 Å². The molecule has 3 amide bonds. The van der Waals surface area contributed by atoms with Gasteiger partial charge in [-0.3, -0.25) is 9.69 Å². The summed E-state index contributed by atoms with van der Waals surface area (Å²) in [7, 11) is 1.94. The lowest BCUT2D eigenvalue weighted by atomic mass is 10.0. The summed E-state index contributed by atoms with van der Waals surface area (Å²) in [6, 6.07) is -0.172. The third kappa shape index (κ3) is 4.80. The smallest absolute Gasteiger partial charge is 0.318 e. The molecule has 8 nitrogen and oxygen atoms in total. The summed E-state index contributed by atoms with van der Waals surface area (Å²) in [5.74, 6) is 1.34. The first-order valence-corrected chi connectivity index (χ1v) is 9.98. The van der Waals surface area contributed by atoms with Gasteiger partial charge >= 0.3 is 6.03 Å². The van der Waals surface area contributed by atoms with Crippen molar-refractivity contribution < 1.29 is 9.59 Å². The number of hydrogen-bond donors (Lipinski definition) is 1. The summed E-state index contributed by atoms with van der Waals surface area (Å²) in [4.78, 5) is 35.4. The number of amides is 3. The van der Waals surface area contributed by atoms with Gasteiger partial charge in [0.25, 0.3) is 0 Å². The Hall–Kier alpha value is -2.09. The molecule has 8 heteroatoms. The summed E-state index contributed by atoms with van der Waals surface area (Å²) in [6.45, 7) is 9.19. The zero-order valence-electron chi connectivity index (χ0n) is 16.7. The number of rotatable bonds is 5. The minimum atomic E-state index is -0.118. The second-order valence-electron chi connectivity index (χ2n) is 7.92. The van der Waals surface area contributed by atoms with Gasteiger partial charge in [-0.05, 0) is 18.8 Å². The quantitative estimate of drug-likeness (QED) is 0.834. The molecule has 1 N–H and O–H groups in total. The summed E-state index contributed by atoms with van der Waals surface area (Å²) in [5.41, 5.74) is 0. The monoisotopic (exact) mass is 376 g/mol. The number of nitrogens with zero attached hydrogens (tertiary/aromatic N) is 5. The molecule has 2 aliphatic heterocycles. The van der Waals surface area contributed by atoms with Crippen LogP contribution in [-0.2, 0) is 11.8 Å². The Balaban J connectivity index is 1.49. The minimum Gasteiger partial charge on any atom is -0.342 e. The van der Waals surface area contributed by atoms with Gasteiger partial charge < -0.3 is 19.7 Å². The normalized spacial score (nSPS) is 19.6. The number of carbonyl (C=O) groups is 2. The third-order valence-corrected chi connectivity index (χ3v) is 5.56. The molecule has 1 aromatic rings. The fourth-order valence-corrected chi connectivity index (χ4v) is 3.80. The molecule has 0 unspecified atom stereocenters. The molecule has 0 aromatic carbocycles. The van der Waals surface area contributed by atoms with Gasteiger partial charge in [-0.15, -0.1) is 0 Å². The second-order valence-corrected chi connectivity index (χ2v) is 7.92. The first kappa shape index (κ1) is 19.7. The zero-order valence-corrected chi connectivity index (χ0v) is 16.7. The van der Waals surface area contributed by atoms with Crippen molar-refractivity contribution in [1.29, 1.82) is 0 Å². The number of piperazine rings is 1. The lowest BCUT2D eigenvalue weighted by Crippen LogP contribution is -2.54. The van der Waals surface area contributed by atoms with E-state index in [1.54, 1.807) is 6.20 Å². The predicted molar refractivity (Wildman–Crippen MR) is 103 cm³/mol. The van der Waals surface area contributed by atoms with Crippen molar-refractivity contribution in [1.82, 2.24) is 29.6 Å². The fourth-order valence-electron chi connectivity index (χ4n) is 3.80. The van der Waals surface area contributed by atoms with Gasteiger partial charge in [0.2, 0.25) is 5.91 Å². The Bertz CT molecular complexity index is 644. The average molecular weight is 377 g/mol. The number of urea groups is 1. The average Bonchev–Trinajstić information content (AvgIpc) is 3.32. The molecule has 0 radical (unpaired) electrons. The molecule has 0 saturated carbocycles. The molecule has 2 fully saturated rings. The maximum absolute atomic E-state index is 12.7. The SMILES string of the molecule is CC(C)[C@@H](NC(=O)N1CCN(CC(=O)N2CCCC2)CC1)c1nccn1C. The Morgan fingerprint density at radius 3 is 2.30 bits per heavy atom. The topological polar surface area (TPSA) is 73.7 Å². The highest BCUT2D eigenvalue weighted by Gasteiger charge is 2.28. The van der Waals surface area contributed by atoms with Crippen LogP contribution in [0.2, 0.25) is 0 Å². The molecule has 2 aliphatic rings. The van der Waals surface area contributed by atoms with Gasteiger partial charge in [-0.1, -0.05) is 13.8 Å². The van der Waals surface area contributed by atoms with Crippen molar-refractivity contribution in [2.75, 3.05) is 45.8 Å². The third-order valence-electron chi connectivity index (χ3n) is 5.56. The first-order chi connectivity index (χ1) is 13.0. The van der Waals surface area contributed by atoms with E-state index in [2.05, 4.69) is 29.0 Å². The van der Waals surface area contributed by atoms with Crippen molar-refractivity contribution in [2.45, 2.75) is 32.7 Å². The molecule has 2 saturated heterocycles. The van der Waals surface area contributed by atoms with E-state index in [0.717, 1.165) is 44.8 Å².